The van der Waals surface area contributed by atoms with Crippen molar-refractivity contribution in [1.29, 1.82) is 0 Å². The summed E-state index contributed by atoms with van der Waals surface area (Å²) in [6, 6.07) is 4.01. The molecule has 7 heteroatoms. The Kier molecular flexibility index (Phi) is 3.78. The molecular weight excluding hydrogens is 366 g/mol. The van der Waals surface area contributed by atoms with Crippen LogP contribution in [0.4, 0.5) is 0 Å². The highest BCUT2D eigenvalue weighted by Crippen LogP contribution is 2.41. The van der Waals surface area contributed by atoms with Crippen LogP contribution in [0, 0.1) is 0 Å². The third-order valence-electron chi connectivity index (χ3n) is 3.90. The zero-order valence-electron chi connectivity index (χ0n) is 12.2. The van der Waals surface area contributed by atoms with Gasteiger partial charge >= 0.3 is 0 Å². The van der Waals surface area contributed by atoms with Crippen LogP contribution >= 0.6 is 27.7 Å². The van der Waals surface area contributed by atoms with Crippen molar-refractivity contribution in [2.24, 2.45) is 0 Å². The van der Waals surface area contributed by atoms with Gasteiger partial charge in [0.25, 0.3) is 0 Å². The second-order valence-electron chi connectivity index (χ2n) is 5.44. The molecule has 0 bridgehead atoms. The maximum atomic E-state index is 5.45. The Morgan fingerprint density at radius 3 is 2.77 bits per heavy atom. The van der Waals surface area contributed by atoms with E-state index in [4.69, 9.17) is 9.47 Å². The number of benzene rings is 1. The van der Waals surface area contributed by atoms with Gasteiger partial charge < -0.3 is 14.0 Å². The van der Waals surface area contributed by atoms with E-state index in [-0.39, 0.29) is 0 Å². The minimum absolute atomic E-state index is 0.299. The van der Waals surface area contributed by atoms with Gasteiger partial charge in [0.15, 0.2) is 16.7 Å². The van der Waals surface area contributed by atoms with Gasteiger partial charge in [0.05, 0.1) is 0 Å². The second-order valence-corrected chi connectivity index (χ2v) is 7.24. The Bertz CT molecular complexity index is 715. The van der Waals surface area contributed by atoms with E-state index in [0.717, 1.165) is 39.3 Å². The summed E-state index contributed by atoms with van der Waals surface area (Å²) in [4.78, 5) is 0. The Balaban J connectivity index is 1.53. The van der Waals surface area contributed by atoms with E-state index in [9.17, 15) is 0 Å². The lowest BCUT2D eigenvalue weighted by molar-refractivity contribution is 0.174. The smallest absolute Gasteiger partial charge is 0.231 e. The first-order valence-electron chi connectivity index (χ1n) is 7.40. The van der Waals surface area contributed by atoms with Crippen LogP contribution in [0.5, 0.6) is 11.5 Å². The lowest BCUT2D eigenvalue weighted by Crippen LogP contribution is -2.02. The number of hydrogen-bond donors (Lipinski definition) is 0. The number of aromatic nitrogens is 3. The molecule has 1 aromatic carbocycles. The first-order valence-corrected chi connectivity index (χ1v) is 9.18. The van der Waals surface area contributed by atoms with Gasteiger partial charge in [-0.1, -0.05) is 27.7 Å². The first-order chi connectivity index (χ1) is 10.8. The summed E-state index contributed by atoms with van der Waals surface area (Å²) < 4.78 is 14.1. The maximum Gasteiger partial charge on any atom is 0.231 e. The van der Waals surface area contributed by atoms with Gasteiger partial charge in [-0.05, 0) is 37.5 Å². The van der Waals surface area contributed by atoms with E-state index in [2.05, 4.69) is 37.6 Å². The normalized spacial score (nSPS) is 16.3. The molecule has 4 rings (SSSR count). The number of nitrogens with zero attached hydrogens (tertiary/aromatic N) is 3. The van der Waals surface area contributed by atoms with E-state index < -0.39 is 0 Å². The highest BCUT2D eigenvalue weighted by molar-refractivity contribution is 9.10. The number of hydrogen-bond acceptors (Lipinski definition) is 5. The van der Waals surface area contributed by atoms with Crippen molar-refractivity contribution in [3.05, 3.63) is 28.0 Å². The topological polar surface area (TPSA) is 49.2 Å². The van der Waals surface area contributed by atoms with Crippen molar-refractivity contribution in [3.63, 3.8) is 0 Å². The molecule has 2 heterocycles. The Morgan fingerprint density at radius 2 is 2.05 bits per heavy atom. The molecule has 0 saturated heterocycles. The fourth-order valence-electron chi connectivity index (χ4n) is 2.56. The SMILES string of the molecule is CCn1c(SCc2cc3c(cc2Br)OCO3)nnc1C1CC1. The maximum absolute atomic E-state index is 5.45. The highest BCUT2D eigenvalue weighted by Gasteiger charge is 2.30. The summed E-state index contributed by atoms with van der Waals surface area (Å²) in [5.41, 5.74) is 1.17. The standard InChI is InChI=1S/C15H16BrN3O2S/c1-2-19-14(9-3-4-9)17-18-15(19)22-7-10-5-12-13(6-11(10)16)21-8-20-12/h5-6,9H,2-4,7-8H2,1H3. The zero-order valence-corrected chi connectivity index (χ0v) is 14.6. The van der Waals surface area contributed by atoms with Crippen molar-refractivity contribution in [1.82, 2.24) is 14.8 Å². The Labute approximate surface area is 141 Å². The van der Waals surface area contributed by atoms with Gasteiger partial charge in [0.1, 0.15) is 5.82 Å². The second kappa shape index (κ2) is 5.77. The number of rotatable bonds is 5. The molecular formula is C15H16BrN3O2S. The molecule has 1 aliphatic carbocycles. The molecule has 0 N–H and O–H groups in total. The molecule has 1 aromatic heterocycles. The summed E-state index contributed by atoms with van der Waals surface area (Å²) in [7, 11) is 0. The van der Waals surface area contributed by atoms with Gasteiger partial charge in [-0.25, -0.2) is 0 Å². The molecule has 0 radical (unpaired) electrons. The average molecular weight is 382 g/mol. The third-order valence-corrected chi connectivity index (χ3v) is 5.66. The number of fused-ring (bicyclic) bond motifs is 1. The lowest BCUT2D eigenvalue weighted by Gasteiger charge is -2.08. The molecule has 116 valence electrons. The average Bonchev–Trinajstić information content (AvgIpc) is 3.12. The van der Waals surface area contributed by atoms with Crippen molar-refractivity contribution in [2.75, 3.05) is 6.79 Å². The third kappa shape index (κ3) is 2.60. The molecule has 2 aliphatic rings. The molecule has 2 aromatic rings. The summed E-state index contributed by atoms with van der Waals surface area (Å²) in [6.07, 6.45) is 2.49. The van der Waals surface area contributed by atoms with E-state index >= 15 is 0 Å². The van der Waals surface area contributed by atoms with E-state index in [0.29, 0.717) is 12.7 Å². The molecule has 0 spiro atoms. The quantitative estimate of drug-likeness (QED) is 0.733. The van der Waals surface area contributed by atoms with Crippen LogP contribution in [0.15, 0.2) is 21.8 Å². The van der Waals surface area contributed by atoms with Gasteiger partial charge in [-0.2, -0.15) is 0 Å². The van der Waals surface area contributed by atoms with Gasteiger partial charge in [-0.15, -0.1) is 10.2 Å². The van der Waals surface area contributed by atoms with Crippen LogP contribution < -0.4 is 9.47 Å². The lowest BCUT2D eigenvalue weighted by atomic mass is 10.2. The molecule has 1 saturated carbocycles. The fourth-order valence-corrected chi connectivity index (χ4v) is 4.21. The van der Waals surface area contributed by atoms with E-state index in [1.807, 2.05) is 12.1 Å². The molecule has 0 amide bonds. The monoisotopic (exact) mass is 381 g/mol. The molecule has 5 nitrogen and oxygen atoms in total. The molecule has 1 aliphatic heterocycles. The summed E-state index contributed by atoms with van der Waals surface area (Å²) in [5.74, 6) is 4.21. The van der Waals surface area contributed by atoms with Crippen molar-refractivity contribution >= 4 is 27.7 Å². The van der Waals surface area contributed by atoms with Crippen LogP contribution in [0.3, 0.4) is 0 Å². The molecule has 1 fully saturated rings. The predicted molar refractivity (Wildman–Crippen MR) is 87.5 cm³/mol. The molecule has 0 unspecified atom stereocenters. The largest absolute Gasteiger partial charge is 0.454 e. The van der Waals surface area contributed by atoms with Crippen molar-refractivity contribution in [3.8, 4) is 11.5 Å². The number of thioether (sulfide) groups is 1. The summed E-state index contributed by atoms with van der Waals surface area (Å²) in [6.45, 7) is 3.37. The van der Waals surface area contributed by atoms with Crippen molar-refractivity contribution in [2.45, 2.75) is 43.1 Å². The zero-order chi connectivity index (χ0) is 15.1. The highest BCUT2D eigenvalue weighted by atomic mass is 79.9. The molecule has 22 heavy (non-hydrogen) atoms. The first kappa shape index (κ1) is 14.4. The summed E-state index contributed by atoms with van der Waals surface area (Å²) >= 11 is 5.32. The van der Waals surface area contributed by atoms with E-state index in [1.165, 1.54) is 18.4 Å². The predicted octanol–water partition coefficient (Wildman–Crippen LogP) is 3.96. The number of halogens is 1. The van der Waals surface area contributed by atoms with Gasteiger partial charge in [0, 0.05) is 22.7 Å². The number of ether oxygens (including phenoxy) is 2. The van der Waals surface area contributed by atoms with E-state index in [1.54, 1.807) is 11.8 Å². The Morgan fingerprint density at radius 1 is 1.27 bits per heavy atom. The van der Waals surface area contributed by atoms with Crippen LogP contribution in [0.2, 0.25) is 0 Å². The van der Waals surface area contributed by atoms with Crippen LogP contribution in [-0.2, 0) is 12.3 Å². The van der Waals surface area contributed by atoms with Crippen LogP contribution in [-0.4, -0.2) is 21.6 Å². The molecule has 0 atom stereocenters. The van der Waals surface area contributed by atoms with Crippen molar-refractivity contribution < 1.29 is 9.47 Å². The fraction of sp³-hybridized carbons (Fsp3) is 0.467. The minimum atomic E-state index is 0.299. The van der Waals surface area contributed by atoms with Crippen LogP contribution in [0.1, 0.15) is 37.1 Å². The van der Waals surface area contributed by atoms with Gasteiger partial charge in [-0.3, -0.25) is 0 Å². The summed E-state index contributed by atoms with van der Waals surface area (Å²) in [5, 5.41) is 9.74. The Hall–Kier alpha value is -1.21. The van der Waals surface area contributed by atoms with Gasteiger partial charge in [0.2, 0.25) is 6.79 Å². The van der Waals surface area contributed by atoms with Crippen LogP contribution in [0.25, 0.3) is 0 Å². The minimum Gasteiger partial charge on any atom is -0.454 e.